The summed E-state index contributed by atoms with van der Waals surface area (Å²) < 4.78 is 0. The lowest BCUT2D eigenvalue weighted by Gasteiger charge is -2.25. The van der Waals surface area contributed by atoms with E-state index < -0.39 is 5.54 Å². The van der Waals surface area contributed by atoms with Crippen molar-refractivity contribution >= 4 is 17.8 Å². The SMILES string of the molecule is CC(C)[C@@H]1C[C@]1(NC(=O)/C=C/c1ccccc1)C(=O)CN1CCCc2ccccc2C1. The Morgan fingerprint density at radius 3 is 2.52 bits per heavy atom. The largest absolute Gasteiger partial charge is 0.340 e. The van der Waals surface area contributed by atoms with Crippen LogP contribution in [0.4, 0.5) is 0 Å². The van der Waals surface area contributed by atoms with Gasteiger partial charge < -0.3 is 5.32 Å². The van der Waals surface area contributed by atoms with Crippen molar-refractivity contribution in [1.29, 1.82) is 0 Å². The summed E-state index contributed by atoms with van der Waals surface area (Å²) in [6, 6.07) is 18.3. The Kier molecular flexibility index (Phi) is 6.38. The van der Waals surface area contributed by atoms with Crippen LogP contribution in [-0.2, 0) is 22.6 Å². The molecule has 1 heterocycles. The predicted octanol–water partition coefficient (Wildman–Crippen LogP) is 4.25. The topological polar surface area (TPSA) is 49.4 Å². The number of amides is 1. The number of fused-ring (bicyclic) bond motifs is 1. The first kappa shape index (κ1) is 21.5. The van der Waals surface area contributed by atoms with Crippen molar-refractivity contribution < 1.29 is 9.59 Å². The molecule has 4 rings (SSSR count). The van der Waals surface area contributed by atoms with Gasteiger partial charge in [-0.25, -0.2) is 0 Å². The molecule has 1 fully saturated rings. The monoisotopic (exact) mass is 416 g/mol. The summed E-state index contributed by atoms with van der Waals surface area (Å²) in [5.41, 5.74) is 2.95. The number of hydrogen-bond donors (Lipinski definition) is 1. The van der Waals surface area contributed by atoms with Crippen LogP contribution in [0.2, 0.25) is 0 Å². The van der Waals surface area contributed by atoms with Crippen LogP contribution in [0, 0.1) is 11.8 Å². The molecular formula is C27H32N2O2. The van der Waals surface area contributed by atoms with Crippen LogP contribution in [0.15, 0.2) is 60.7 Å². The minimum atomic E-state index is -0.724. The number of aryl methyl sites for hydroxylation is 1. The van der Waals surface area contributed by atoms with Crippen LogP contribution < -0.4 is 5.32 Å². The molecule has 2 aromatic carbocycles. The van der Waals surface area contributed by atoms with E-state index in [1.54, 1.807) is 12.2 Å². The molecule has 1 N–H and O–H groups in total. The van der Waals surface area contributed by atoms with Crippen LogP contribution >= 0.6 is 0 Å². The van der Waals surface area contributed by atoms with Crippen molar-refractivity contribution in [3.63, 3.8) is 0 Å². The standard InChI is InChI=1S/C27H32N2O2/c1-20(2)24-17-27(24,28-26(31)15-14-21-9-4-3-5-10-21)25(30)19-29-16-8-13-22-11-6-7-12-23(22)18-29/h3-7,9-12,14-15,20,24H,8,13,16-19H2,1-2H3,(H,28,31)/b15-14+/t24-,27+/m0/s1. The van der Waals surface area contributed by atoms with Crippen molar-refractivity contribution in [2.75, 3.05) is 13.1 Å². The smallest absolute Gasteiger partial charge is 0.244 e. The van der Waals surface area contributed by atoms with Gasteiger partial charge in [-0.15, -0.1) is 0 Å². The van der Waals surface area contributed by atoms with Crippen molar-refractivity contribution in [3.05, 3.63) is 77.4 Å². The molecule has 0 bridgehead atoms. The molecule has 0 spiro atoms. The fourth-order valence-electron chi connectivity index (χ4n) is 4.87. The van der Waals surface area contributed by atoms with Gasteiger partial charge in [0.15, 0.2) is 5.78 Å². The minimum absolute atomic E-state index is 0.145. The molecule has 31 heavy (non-hydrogen) atoms. The van der Waals surface area contributed by atoms with E-state index in [4.69, 9.17) is 0 Å². The molecule has 4 heteroatoms. The van der Waals surface area contributed by atoms with E-state index in [2.05, 4.69) is 48.3 Å². The maximum Gasteiger partial charge on any atom is 0.244 e. The minimum Gasteiger partial charge on any atom is -0.340 e. The van der Waals surface area contributed by atoms with Crippen LogP contribution in [-0.4, -0.2) is 35.2 Å². The fourth-order valence-corrected chi connectivity index (χ4v) is 4.87. The number of ketones is 1. The molecule has 1 aliphatic heterocycles. The summed E-state index contributed by atoms with van der Waals surface area (Å²) >= 11 is 0. The highest BCUT2D eigenvalue weighted by atomic mass is 16.2. The summed E-state index contributed by atoms with van der Waals surface area (Å²) in [5, 5.41) is 3.09. The van der Waals surface area contributed by atoms with Gasteiger partial charge in [0.25, 0.3) is 0 Å². The molecule has 0 saturated heterocycles. The average molecular weight is 417 g/mol. The fraction of sp³-hybridized carbons (Fsp3) is 0.407. The normalized spacial score (nSPS) is 23.4. The highest BCUT2D eigenvalue weighted by molar-refractivity contribution is 6.01. The molecule has 0 aromatic heterocycles. The van der Waals surface area contributed by atoms with Crippen molar-refractivity contribution in [2.24, 2.45) is 11.8 Å². The van der Waals surface area contributed by atoms with Crippen molar-refractivity contribution in [1.82, 2.24) is 10.2 Å². The Labute approximate surface area is 185 Å². The molecule has 162 valence electrons. The number of rotatable bonds is 7. The van der Waals surface area contributed by atoms with Gasteiger partial charge in [-0.3, -0.25) is 14.5 Å². The van der Waals surface area contributed by atoms with E-state index in [-0.39, 0.29) is 17.6 Å². The van der Waals surface area contributed by atoms with Gasteiger partial charge in [0.1, 0.15) is 5.54 Å². The number of carbonyl (C=O) groups excluding carboxylic acids is 2. The molecular weight excluding hydrogens is 384 g/mol. The third kappa shape index (κ3) is 4.96. The van der Waals surface area contributed by atoms with Gasteiger partial charge in [0.2, 0.25) is 5.91 Å². The second-order valence-corrected chi connectivity index (χ2v) is 9.27. The summed E-state index contributed by atoms with van der Waals surface area (Å²) in [5.74, 6) is 0.508. The van der Waals surface area contributed by atoms with Crippen molar-refractivity contribution in [2.45, 2.75) is 45.2 Å². The zero-order chi connectivity index (χ0) is 21.8. The Morgan fingerprint density at radius 2 is 1.81 bits per heavy atom. The Balaban J connectivity index is 1.44. The van der Waals surface area contributed by atoms with Gasteiger partial charge in [-0.05, 0) is 60.4 Å². The van der Waals surface area contributed by atoms with E-state index in [0.717, 1.165) is 37.9 Å². The molecule has 1 aliphatic carbocycles. The van der Waals surface area contributed by atoms with Crippen LogP contribution in [0.3, 0.4) is 0 Å². The molecule has 2 atom stereocenters. The molecule has 1 saturated carbocycles. The van der Waals surface area contributed by atoms with E-state index in [9.17, 15) is 9.59 Å². The number of nitrogens with one attached hydrogen (secondary N) is 1. The first-order valence-electron chi connectivity index (χ1n) is 11.4. The van der Waals surface area contributed by atoms with Gasteiger partial charge in [-0.1, -0.05) is 68.4 Å². The average Bonchev–Trinajstić information content (AvgIpc) is 3.53. The highest BCUT2D eigenvalue weighted by Gasteiger charge is 2.61. The molecule has 0 unspecified atom stereocenters. The lowest BCUT2D eigenvalue weighted by atomic mass is 9.99. The van der Waals surface area contributed by atoms with Crippen LogP contribution in [0.25, 0.3) is 6.08 Å². The molecule has 0 radical (unpaired) electrons. The zero-order valence-electron chi connectivity index (χ0n) is 18.5. The Morgan fingerprint density at radius 1 is 1.10 bits per heavy atom. The third-order valence-corrected chi connectivity index (χ3v) is 6.69. The van der Waals surface area contributed by atoms with E-state index in [1.165, 1.54) is 11.1 Å². The Bertz CT molecular complexity index is 966. The van der Waals surface area contributed by atoms with Gasteiger partial charge in [0.05, 0.1) is 6.54 Å². The number of carbonyl (C=O) groups is 2. The van der Waals surface area contributed by atoms with Crippen molar-refractivity contribution in [3.8, 4) is 0 Å². The number of Topliss-reactive ketones (excluding diaryl/α,β-unsaturated/α-hetero) is 1. The van der Waals surface area contributed by atoms with Crippen LogP contribution in [0.5, 0.6) is 0 Å². The van der Waals surface area contributed by atoms with E-state index in [1.807, 2.05) is 30.3 Å². The Hall–Kier alpha value is -2.72. The zero-order valence-corrected chi connectivity index (χ0v) is 18.5. The van der Waals surface area contributed by atoms with Gasteiger partial charge >= 0.3 is 0 Å². The molecule has 2 aliphatic rings. The number of benzene rings is 2. The second-order valence-electron chi connectivity index (χ2n) is 9.27. The molecule has 1 amide bonds. The summed E-state index contributed by atoms with van der Waals surface area (Å²) in [6.45, 7) is 6.36. The quantitative estimate of drug-likeness (QED) is 0.687. The van der Waals surface area contributed by atoms with Crippen LogP contribution in [0.1, 0.15) is 43.4 Å². The first-order chi connectivity index (χ1) is 15.0. The second kappa shape index (κ2) is 9.19. The predicted molar refractivity (Wildman–Crippen MR) is 124 cm³/mol. The maximum absolute atomic E-state index is 13.5. The third-order valence-electron chi connectivity index (χ3n) is 6.69. The molecule has 2 aromatic rings. The lowest BCUT2D eigenvalue weighted by Crippen LogP contribution is -2.49. The van der Waals surface area contributed by atoms with E-state index >= 15 is 0 Å². The maximum atomic E-state index is 13.5. The lowest BCUT2D eigenvalue weighted by molar-refractivity contribution is -0.128. The number of hydrogen-bond acceptors (Lipinski definition) is 3. The molecule has 4 nitrogen and oxygen atoms in total. The summed E-state index contributed by atoms with van der Waals surface area (Å²) in [6.07, 6.45) is 6.19. The first-order valence-corrected chi connectivity index (χ1v) is 11.4. The van der Waals surface area contributed by atoms with E-state index in [0.29, 0.717) is 12.5 Å². The summed E-state index contributed by atoms with van der Waals surface area (Å²) in [4.78, 5) is 28.4. The van der Waals surface area contributed by atoms with Gasteiger partial charge in [-0.2, -0.15) is 0 Å². The highest BCUT2D eigenvalue weighted by Crippen LogP contribution is 2.49. The van der Waals surface area contributed by atoms with Gasteiger partial charge in [0, 0.05) is 12.6 Å². The summed E-state index contributed by atoms with van der Waals surface area (Å²) in [7, 11) is 0. The number of nitrogens with zero attached hydrogens (tertiary/aromatic N) is 1.